The molecule has 1 atom stereocenters. The van der Waals surface area contributed by atoms with Crippen LogP contribution in [0.3, 0.4) is 0 Å². The Morgan fingerprint density at radius 2 is 2.12 bits per heavy atom. The van der Waals surface area contributed by atoms with E-state index < -0.39 is 0 Å². The van der Waals surface area contributed by atoms with Gasteiger partial charge in [-0.05, 0) is 24.3 Å². The van der Waals surface area contributed by atoms with E-state index in [4.69, 9.17) is 9.47 Å². The molecule has 2 rings (SSSR count). The molecule has 0 bridgehead atoms. The van der Waals surface area contributed by atoms with E-state index in [0.29, 0.717) is 12.5 Å². The van der Waals surface area contributed by atoms with Crippen LogP contribution in [0.5, 0.6) is 0 Å². The van der Waals surface area contributed by atoms with Crippen molar-refractivity contribution in [2.24, 2.45) is 10.9 Å². The molecule has 138 valence electrons. The molecular formula is C20H31N3O2. The van der Waals surface area contributed by atoms with Crippen molar-refractivity contribution in [2.75, 3.05) is 40.0 Å². The molecule has 1 aromatic rings. The van der Waals surface area contributed by atoms with Gasteiger partial charge in [0, 0.05) is 20.1 Å². The highest BCUT2D eigenvalue weighted by molar-refractivity contribution is 5.79. The Balaban J connectivity index is 1.56. The predicted octanol–water partition coefficient (Wildman–Crippen LogP) is 2.74. The third kappa shape index (κ3) is 8.18. The molecule has 0 fully saturated rings. The summed E-state index contributed by atoms with van der Waals surface area (Å²) in [6.07, 6.45) is 4.27. The largest absolute Gasteiger partial charge is 0.377 e. The first-order chi connectivity index (χ1) is 12.3. The van der Waals surface area contributed by atoms with Gasteiger partial charge in [0.1, 0.15) is 0 Å². The Bertz CT molecular complexity index is 543. The lowest BCUT2D eigenvalue weighted by Gasteiger charge is -2.17. The number of nitrogens with zero attached hydrogens (tertiary/aromatic N) is 1. The maximum absolute atomic E-state index is 5.79. The molecule has 1 unspecified atom stereocenters. The van der Waals surface area contributed by atoms with Gasteiger partial charge in [0.2, 0.25) is 0 Å². The molecule has 0 spiro atoms. The molecule has 5 heteroatoms. The fraction of sp³-hybridized carbons (Fsp3) is 0.550. The molecule has 0 amide bonds. The van der Waals surface area contributed by atoms with E-state index in [1.165, 1.54) is 11.1 Å². The Morgan fingerprint density at radius 1 is 1.28 bits per heavy atom. The first kappa shape index (κ1) is 19.5. The minimum Gasteiger partial charge on any atom is -0.377 e. The van der Waals surface area contributed by atoms with E-state index in [-0.39, 0.29) is 0 Å². The van der Waals surface area contributed by atoms with Crippen LogP contribution in [0.1, 0.15) is 25.3 Å². The zero-order valence-corrected chi connectivity index (χ0v) is 15.5. The van der Waals surface area contributed by atoms with Gasteiger partial charge in [-0.25, -0.2) is 0 Å². The topological polar surface area (TPSA) is 54.9 Å². The van der Waals surface area contributed by atoms with Gasteiger partial charge in [0.25, 0.3) is 0 Å². The van der Waals surface area contributed by atoms with Gasteiger partial charge in [-0.3, -0.25) is 4.99 Å². The minimum absolute atomic E-state index is 0.417. The second-order valence-electron chi connectivity index (χ2n) is 6.42. The summed E-state index contributed by atoms with van der Waals surface area (Å²) in [6, 6.07) is 10.3. The summed E-state index contributed by atoms with van der Waals surface area (Å²) in [6.45, 7) is 6.90. The molecule has 5 nitrogen and oxygen atoms in total. The molecular weight excluding hydrogens is 314 g/mol. The summed E-state index contributed by atoms with van der Waals surface area (Å²) in [4.78, 5) is 4.28. The molecule has 1 aliphatic heterocycles. The molecule has 1 aliphatic rings. The maximum Gasteiger partial charge on any atom is 0.190 e. The Labute approximate surface area is 151 Å². The molecule has 0 aromatic heterocycles. The van der Waals surface area contributed by atoms with Crippen LogP contribution in [0, 0.1) is 5.92 Å². The van der Waals surface area contributed by atoms with Crippen molar-refractivity contribution in [2.45, 2.75) is 26.4 Å². The normalized spacial score (nSPS) is 16.2. The van der Waals surface area contributed by atoms with Crippen molar-refractivity contribution >= 4 is 5.96 Å². The fourth-order valence-corrected chi connectivity index (χ4v) is 2.64. The lowest BCUT2D eigenvalue weighted by atomic mass is 10.1. The molecule has 0 aliphatic carbocycles. The maximum atomic E-state index is 5.79. The Hall–Kier alpha value is -1.85. The number of hydrogen-bond donors (Lipinski definition) is 2. The summed E-state index contributed by atoms with van der Waals surface area (Å²) in [5.74, 6) is 1.27. The van der Waals surface area contributed by atoms with Gasteiger partial charge in [0.05, 0.1) is 26.4 Å². The predicted molar refractivity (Wildman–Crippen MR) is 103 cm³/mol. The number of benzene rings is 1. The van der Waals surface area contributed by atoms with E-state index in [1.807, 2.05) is 18.2 Å². The highest BCUT2D eigenvalue weighted by Gasteiger charge is 2.06. The van der Waals surface area contributed by atoms with Crippen LogP contribution in [0.15, 0.2) is 47.0 Å². The summed E-state index contributed by atoms with van der Waals surface area (Å²) >= 11 is 0. The SMILES string of the molecule is CN=C(NCCC1=CCOCC1)NCC(C)COCc1ccccc1. The monoisotopic (exact) mass is 345 g/mol. The molecule has 25 heavy (non-hydrogen) atoms. The van der Waals surface area contributed by atoms with E-state index in [0.717, 1.165) is 51.7 Å². The van der Waals surface area contributed by atoms with Gasteiger partial charge in [-0.15, -0.1) is 0 Å². The molecule has 2 N–H and O–H groups in total. The van der Waals surface area contributed by atoms with Crippen LogP contribution in [0.4, 0.5) is 0 Å². The number of rotatable bonds is 9. The van der Waals surface area contributed by atoms with Crippen LogP contribution >= 0.6 is 0 Å². The van der Waals surface area contributed by atoms with Crippen molar-refractivity contribution in [1.29, 1.82) is 0 Å². The average molecular weight is 345 g/mol. The molecule has 1 aromatic carbocycles. The molecule has 0 saturated heterocycles. The summed E-state index contributed by atoms with van der Waals surface area (Å²) in [5.41, 5.74) is 2.68. The second kappa shape index (κ2) is 11.7. The van der Waals surface area contributed by atoms with Crippen LogP contribution in [0.2, 0.25) is 0 Å². The van der Waals surface area contributed by atoms with Crippen LogP contribution in [0.25, 0.3) is 0 Å². The summed E-state index contributed by atoms with van der Waals surface area (Å²) < 4.78 is 11.1. The highest BCUT2D eigenvalue weighted by atomic mass is 16.5. The van der Waals surface area contributed by atoms with E-state index in [1.54, 1.807) is 7.05 Å². The fourth-order valence-electron chi connectivity index (χ4n) is 2.64. The van der Waals surface area contributed by atoms with Gasteiger partial charge in [0.15, 0.2) is 5.96 Å². The molecule has 0 saturated carbocycles. The van der Waals surface area contributed by atoms with E-state index in [2.05, 4.69) is 40.8 Å². The van der Waals surface area contributed by atoms with E-state index >= 15 is 0 Å². The smallest absolute Gasteiger partial charge is 0.190 e. The third-order valence-electron chi connectivity index (χ3n) is 4.15. The molecule has 1 heterocycles. The minimum atomic E-state index is 0.417. The van der Waals surface area contributed by atoms with Crippen molar-refractivity contribution in [3.05, 3.63) is 47.5 Å². The quantitative estimate of drug-likeness (QED) is 0.410. The van der Waals surface area contributed by atoms with Gasteiger partial charge in [-0.1, -0.05) is 48.9 Å². The number of ether oxygens (including phenoxy) is 2. The standard InChI is InChI=1S/C20H31N3O2/c1-17(15-25-16-19-6-4-3-5-7-19)14-23-20(21-2)22-11-8-18-9-12-24-13-10-18/h3-7,9,17H,8,10-16H2,1-2H3,(H2,21,22,23). The lowest BCUT2D eigenvalue weighted by molar-refractivity contribution is 0.0931. The first-order valence-electron chi connectivity index (χ1n) is 9.09. The summed E-state index contributed by atoms with van der Waals surface area (Å²) in [7, 11) is 1.81. The molecule has 0 radical (unpaired) electrons. The van der Waals surface area contributed by atoms with Crippen molar-refractivity contribution in [1.82, 2.24) is 10.6 Å². The first-order valence-corrected chi connectivity index (χ1v) is 9.09. The summed E-state index contributed by atoms with van der Waals surface area (Å²) in [5, 5.41) is 6.74. The van der Waals surface area contributed by atoms with Crippen LogP contribution in [-0.2, 0) is 16.1 Å². The van der Waals surface area contributed by atoms with Gasteiger partial charge in [-0.2, -0.15) is 0 Å². The highest BCUT2D eigenvalue weighted by Crippen LogP contribution is 2.10. The van der Waals surface area contributed by atoms with Gasteiger partial charge < -0.3 is 20.1 Å². The van der Waals surface area contributed by atoms with Crippen LogP contribution in [-0.4, -0.2) is 45.9 Å². The number of aliphatic imine (C=N–C) groups is 1. The number of hydrogen-bond acceptors (Lipinski definition) is 3. The lowest BCUT2D eigenvalue weighted by Crippen LogP contribution is -2.40. The number of nitrogens with one attached hydrogen (secondary N) is 2. The zero-order chi connectivity index (χ0) is 17.7. The van der Waals surface area contributed by atoms with Crippen molar-refractivity contribution < 1.29 is 9.47 Å². The van der Waals surface area contributed by atoms with Crippen LogP contribution < -0.4 is 10.6 Å². The Kier molecular flexibility index (Phi) is 9.08. The van der Waals surface area contributed by atoms with Gasteiger partial charge >= 0.3 is 0 Å². The van der Waals surface area contributed by atoms with E-state index in [9.17, 15) is 0 Å². The van der Waals surface area contributed by atoms with Crippen molar-refractivity contribution in [3.8, 4) is 0 Å². The van der Waals surface area contributed by atoms with Crippen molar-refractivity contribution in [3.63, 3.8) is 0 Å². The second-order valence-corrected chi connectivity index (χ2v) is 6.42. The third-order valence-corrected chi connectivity index (χ3v) is 4.15. The zero-order valence-electron chi connectivity index (χ0n) is 15.5. The average Bonchev–Trinajstić information content (AvgIpc) is 2.66. The number of guanidine groups is 1. The Morgan fingerprint density at radius 3 is 2.84 bits per heavy atom.